The van der Waals surface area contributed by atoms with Gasteiger partial charge in [0.1, 0.15) is 11.3 Å². The van der Waals surface area contributed by atoms with E-state index < -0.39 is 11.8 Å². The minimum atomic E-state index is -0.597. The van der Waals surface area contributed by atoms with Gasteiger partial charge in [-0.05, 0) is 48.6 Å². The Labute approximate surface area is 183 Å². The number of halogens is 2. The van der Waals surface area contributed by atoms with E-state index >= 15 is 0 Å². The second-order valence-electron chi connectivity index (χ2n) is 6.37. The number of rotatable bonds is 4. The summed E-state index contributed by atoms with van der Waals surface area (Å²) < 4.78 is 5.42. The van der Waals surface area contributed by atoms with Crippen molar-refractivity contribution in [1.29, 1.82) is 0 Å². The molecular weight excluding hydrogens is 433 g/mol. The van der Waals surface area contributed by atoms with E-state index in [1.165, 1.54) is 24.2 Å². The molecule has 0 saturated carbocycles. The summed E-state index contributed by atoms with van der Waals surface area (Å²) in [5, 5.41) is 3.12. The van der Waals surface area contributed by atoms with Crippen molar-refractivity contribution in [3.8, 4) is 5.75 Å². The van der Waals surface area contributed by atoms with Gasteiger partial charge in [-0.15, -0.1) is 0 Å². The van der Waals surface area contributed by atoms with Crippen molar-refractivity contribution >= 4 is 69.8 Å². The smallest absolute Gasteiger partial charge is 0.270 e. The third kappa shape index (κ3) is 4.22. The van der Waals surface area contributed by atoms with Gasteiger partial charge < -0.3 is 9.64 Å². The number of ether oxygens (including phenoxy) is 1. The Morgan fingerprint density at radius 3 is 2.48 bits per heavy atom. The van der Waals surface area contributed by atoms with Crippen molar-refractivity contribution in [3.63, 3.8) is 0 Å². The van der Waals surface area contributed by atoms with Crippen LogP contribution in [0.5, 0.6) is 5.75 Å². The number of amides is 2. The molecule has 1 heterocycles. The lowest BCUT2D eigenvalue weighted by Crippen LogP contribution is -2.54. The van der Waals surface area contributed by atoms with Gasteiger partial charge in [-0.2, -0.15) is 0 Å². The molecule has 0 aromatic heterocycles. The topological polar surface area (TPSA) is 61.9 Å². The Hall–Kier alpha value is -2.61. The van der Waals surface area contributed by atoms with Crippen LogP contribution in [0.25, 0.3) is 6.08 Å². The van der Waals surface area contributed by atoms with Crippen LogP contribution < -0.4 is 19.9 Å². The highest BCUT2D eigenvalue weighted by atomic mass is 35.5. The number of hydrogen-bond acceptors (Lipinski definition) is 5. The van der Waals surface area contributed by atoms with E-state index in [4.69, 9.17) is 40.2 Å². The third-order valence-electron chi connectivity index (χ3n) is 4.29. The summed E-state index contributed by atoms with van der Waals surface area (Å²) in [4.78, 5) is 28.7. The first-order valence-corrected chi connectivity index (χ1v) is 9.61. The normalized spacial score (nSPS) is 15.6. The molecule has 2 aromatic rings. The van der Waals surface area contributed by atoms with Gasteiger partial charge >= 0.3 is 0 Å². The van der Waals surface area contributed by atoms with Gasteiger partial charge in [0.15, 0.2) is 5.11 Å². The van der Waals surface area contributed by atoms with Crippen LogP contribution in [0.1, 0.15) is 5.56 Å². The van der Waals surface area contributed by atoms with Crippen LogP contribution in [0.2, 0.25) is 10.0 Å². The van der Waals surface area contributed by atoms with Crippen LogP contribution in [0.15, 0.2) is 42.0 Å². The fourth-order valence-electron chi connectivity index (χ4n) is 2.79. The maximum atomic E-state index is 13.1. The Morgan fingerprint density at radius 1 is 1.14 bits per heavy atom. The molecule has 2 aromatic carbocycles. The molecule has 1 saturated heterocycles. The summed E-state index contributed by atoms with van der Waals surface area (Å²) in [5.74, 6) is -0.671. The number of hydrogen-bond donors (Lipinski definition) is 1. The molecule has 0 bridgehead atoms. The molecule has 1 fully saturated rings. The zero-order chi connectivity index (χ0) is 21.3. The molecule has 0 spiro atoms. The molecule has 1 aliphatic rings. The number of benzene rings is 2. The van der Waals surface area contributed by atoms with Gasteiger partial charge in [0.25, 0.3) is 11.8 Å². The average molecular weight is 450 g/mol. The first kappa shape index (κ1) is 21.1. The summed E-state index contributed by atoms with van der Waals surface area (Å²) in [7, 11) is 5.33. The van der Waals surface area contributed by atoms with Gasteiger partial charge in [0, 0.05) is 36.4 Å². The molecule has 6 nitrogen and oxygen atoms in total. The highest BCUT2D eigenvalue weighted by molar-refractivity contribution is 7.80. The summed E-state index contributed by atoms with van der Waals surface area (Å²) in [6.45, 7) is 0. The van der Waals surface area contributed by atoms with E-state index in [1.54, 1.807) is 18.2 Å². The summed E-state index contributed by atoms with van der Waals surface area (Å²) in [6.07, 6.45) is 1.47. The maximum absolute atomic E-state index is 13.1. The number of carbonyl (C=O) groups is 2. The summed E-state index contributed by atoms with van der Waals surface area (Å²) in [6, 6.07) is 10.1. The largest absolute Gasteiger partial charge is 0.496 e. The second-order valence-corrected chi connectivity index (χ2v) is 7.60. The van der Waals surface area contributed by atoms with Gasteiger partial charge in [-0.1, -0.05) is 23.2 Å². The van der Waals surface area contributed by atoms with Crippen molar-refractivity contribution in [2.45, 2.75) is 0 Å². The van der Waals surface area contributed by atoms with Crippen LogP contribution in [-0.4, -0.2) is 38.1 Å². The minimum Gasteiger partial charge on any atom is -0.496 e. The van der Waals surface area contributed by atoms with Crippen molar-refractivity contribution in [1.82, 2.24) is 5.32 Å². The number of thiocarbonyl (C=S) groups is 1. The predicted octanol–water partition coefficient (Wildman–Crippen LogP) is 3.90. The Bertz CT molecular complexity index is 1050. The Morgan fingerprint density at radius 2 is 1.86 bits per heavy atom. The van der Waals surface area contributed by atoms with Gasteiger partial charge in [0.2, 0.25) is 0 Å². The molecule has 150 valence electrons. The van der Waals surface area contributed by atoms with Crippen molar-refractivity contribution < 1.29 is 14.3 Å². The molecule has 0 unspecified atom stereocenters. The van der Waals surface area contributed by atoms with Gasteiger partial charge in [-0.25, -0.2) is 0 Å². The van der Waals surface area contributed by atoms with Crippen molar-refractivity contribution in [2.24, 2.45) is 0 Å². The fraction of sp³-hybridized carbons (Fsp3) is 0.150. The molecule has 0 aliphatic carbocycles. The number of methoxy groups -OCH3 is 1. The molecule has 9 heteroatoms. The molecular formula is C20H17Cl2N3O3S. The van der Waals surface area contributed by atoms with E-state index in [0.717, 1.165) is 5.69 Å². The second kappa shape index (κ2) is 8.41. The number of anilines is 2. The first-order chi connectivity index (χ1) is 13.7. The monoisotopic (exact) mass is 449 g/mol. The van der Waals surface area contributed by atoms with Crippen LogP contribution in [0, 0.1) is 0 Å². The minimum absolute atomic E-state index is 0.0590. The zero-order valence-corrected chi connectivity index (χ0v) is 18.2. The molecule has 3 rings (SSSR count). The zero-order valence-electron chi connectivity index (χ0n) is 15.8. The number of nitrogens with one attached hydrogen (secondary N) is 1. The van der Waals surface area contributed by atoms with E-state index in [1.807, 2.05) is 31.1 Å². The average Bonchev–Trinajstić information content (AvgIpc) is 2.66. The fourth-order valence-corrected chi connectivity index (χ4v) is 3.56. The Balaban J connectivity index is 2.06. The summed E-state index contributed by atoms with van der Waals surface area (Å²) in [5.41, 5.74) is 1.72. The van der Waals surface area contributed by atoms with Crippen molar-refractivity contribution in [3.05, 3.63) is 57.6 Å². The van der Waals surface area contributed by atoms with Crippen molar-refractivity contribution in [2.75, 3.05) is 31.0 Å². The quantitative estimate of drug-likeness (QED) is 0.435. The molecule has 0 radical (unpaired) electrons. The molecule has 1 aliphatic heterocycles. The molecule has 1 N–H and O–H groups in total. The SMILES string of the molecule is COc1cc(N(C)C)ccc1/C=C1\C(=O)NC(=S)N(c2ccc(Cl)cc2Cl)C1=O. The van der Waals surface area contributed by atoms with Gasteiger partial charge in [-0.3, -0.25) is 19.8 Å². The van der Waals surface area contributed by atoms with E-state index in [9.17, 15) is 9.59 Å². The van der Waals surface area contributed by atoms with Crippen LogP contribution in [-0.2, 0) is 9.59 Å². The number of nitrogens with zero attached hydrogens (tertiary/aromatic N) is 2. The van der Waals surface area contributed by atoms with Crippen LogP contribution >= 0.6 is 35.4 Å². The third-order valence-corrected chi connectivity index (χ3v) is 5.11. The Kier molecular flexibility index (Phi) is 6.12. The lowest BCUT2D eigenvalue weighted by Gasteiger charge is -2.29. The maximum Gasteiger partial charge on any atom is 0.270 e. The van der Waals surface area contributed by atoms with Gasteiger partial charge in [0.05, 0.1) is 17.8 Å². The highest BCUT2D eigenvalue weighted by Crippen LogP contribution is 2.32. The highest BCUT2D eigenvalue weighted by Gasteiger charge is 2.35. The first-order valence-electron chi connectivity index (χ1n) is 8.44. The van der Waals surface area contributed by atoms with Crippen LogP contribution in [0.3, 0.4) is 0 Å². The molecule has 0 atom stereocenters. The molecule has 29 heavy (non-hydrogen) atoms. The van der Waals surface area contributed by atoms with E-state index in [0.29, 0.717) is 22.0 Å². The molecule has 2 amide bonds. The van der Waals surface area contributed by atoms with Crippen LogP contribution in [0.4, 0.5) is 11.4 Å². The number of carbonyl (C=O) groups excluding carboxylic acids is 2. The lowest BCUT2D eigenvalue weighted by molar-refractivity contribution is -0.122. The van der Waals surface area contributed by atoms with E-state index in [-0.39, 0.29) is 15.7 Å². The van der Waals surface area contributed by atoms with E-state index in [2.05, 4.69) is 5.32 Å². The summed E-state index contributed by atoms with van der Waals surface area (Å²) >= 11 is 17.4. The lowest BCUT2D eigenvalue weighted by atomic mass is 10.1. The standard InChI is InChI=1S/C20H17Cl2N3O3S/c1-24(2)13-6-4-11(17(10-13)28-3)8-14-18(26)23-20(29)25(19(14)27)16-7-5-12(21)9-15(16)22/h4-10H,1-3H3,(H,23,26,29)/b14-8+. The predicted molar refractivity (Wildman–Crippen MR) is 120 cm³/mol.